The standard InChI is InChI=1S/C21H34N4O2.HI/c1-21(2,17-10-6-5-7-11-17)16-24-20(23-15-19(26)25(3)4)22-14-18-12-8-9-13-27-18;/h5-7,10-11,18H,8-9,12-16H2,1-4H3,(H2,22,23,24);1H. The number of ether oxygens (including phenoxy) is 1. The van der Waals surface area contributed by atoms with E-state index in [9.17, 15) is 4.79 Å². The third-order valence-corrected chi connectivity index (χ3v) is 4.90. The maximum atomic E-state index is 11.9. The molecule has 1 fully saturated rings. The minimum absolute atomic E-state index is 0. The average Bonchev–Trinajstić information content (AvgIpc) is 2.68. The Kier molecular flexibility index (Phi) is 10.8. The van der Waals surface area contributed by atoms with Gasteiger partial charge in [-0.05, 0) is 24.8 Å². The van der Waals surface area contributed by atoms with Crippen molar-refractivity contribution in [2.24, 2.45) is 4.99 Å². The molecule has 0 saturated carbocycles. The van der Waals surface area contributed by atoms with Crippen molar-refractivity contribution in [2.75, 3.05) is 40.3 Å². The van der Waals surface area contributed by atoms with Crippen molar-refractivity contribution in [3.63, 3.8) is 0 Å². The zero-order valence-electron chi connectivity index (χ0n) is 17.5. The molecule has 0 radical (unpaired) electrons. The van der Waals surface area contributed by atoms with Crippen LogP contribution in [0.4, 0.5) is 0 Å². The number of aliphatic imine (C=N–C) groups is 1. The highest BCUT2D eigenvalue weighted by atomic mass is 127. The van der Waals surface area contributed by atoms with Crippen LogP contribution < -0.4 is 10.6 Å². The summed E-state index contributed by atoms with van der Waals surface area (Å²) in [7, 11) is 3.49. The summed E-state index contributed by atoms with van der Waals surface area (Å²) in [5.74, 6) is 0.635. The zero-order chi connectivity index (χ0) is 19.7. The monoisotopic (exact) mass is 502 g/mol. The lowest BCUT2D eigenvalue weighted by Crippen LogP contribution is -2.46. The van der Waals surface area contributed by atoms with Gasteiger partial charge in [0.15, 0.2) is 5.96 Å². The third-order valence-electron chi connectivity index (χ3n) is 4.90. The Morgan fingerprint density at radius 3 is 2.54 bits per heavy atom. The summed E-state index contributed by atoms with van der Waals surface area (Å²) in [5, 5.41) is 6.76. The van der Waals surface area contributed by atoms with Crippen LogP contribution in [-0.4, -0.2) is 63.2 Å². The van der Waals surface area contributed by atoms with E-state index in [4.69, 9.17) is 4.74 Å². The van der Waals surface area contributed by atoms with E-state index < -0.39 is 0 Å². The van der Waals surface area contributed by atoms with Gasteiger partial charge in [0.25, 0.3) is 0 Å². The van der Waals surface area contributed by atoms with Gasteiger partial charge in [-0.2, -0.15) is 0 Å². The summed E-state index contributed by atoms with van der Waals surface area (Å²) < 4.78 is 5.79. The van der Waals surface area contributed by atoms with Crippen LogP contribution in [0.5, 0.6) is 0 Å². The second-order valence-electron chi connectivity index (χ2n) is 7.93. The van der Waals surface area contributed by atoms with Crippen LogP contribution in [0, 0.1) is 0 Å². The molecular weight excluding hydrogens is 467 g/mol. The molecular formula is C21H35IN4O2. The fourth-order valence-electron chi connectivity index (χ4n) is 2.94. The molecule has 1 aliphatic rings. The second-order valence-corrected chi connectivity index (χ2v) is 7.93. The number of hydrogen-bond donors (Lipinski definition) is 2. The fraction of sp³-hybridized carbons (Fsp3) is 0.619. The van der Waals surface area contributed by atoms with Gasteiger partial charge in [-0.3, -0.25) is 4.79 Å². The van der Waals surface area contributed by atoms with Crippen LogP contribution in [0.15, 0.2) is 35.3 Å². The highest BCUT2D eigenvalue weighted by Crippen LogP contribution is 2.21. The van der Waals surface area contributed by atoms with E-state index in [1.807, 2.05) is 6.07 Å². The van der Waals surface area contributed by atoms with Crippen LogP contribution in [0.25, 0.3) is 0 Å². The summed E-state index contributed by atoms with van der Waals surface area (Å²) in [6.45, 7) is 6.76. The summed E-state index contributed by atoms with van der Waals surface area (Å²) in [6.07, 6.45) is 3.61. The largest absolute Gasteiger partial charge is 0.376 e. The highest BCUT2D eigenvalue weighted by molar-refractivity contribution is 14.0. The van der Waals surface area contributed by atoms with Crippen molar-refractivity contribution in [1.29, 1.82) is 0 Å². The second kappa shape index (κ2) is 12.3. The minimum Gasteiger partial charge on any atom is -0.376 e. The van der Waals surface area contributed by atoms with Gasteiger partial charge in [-0.25, -0.2) is 4.99 Å². The molecule has 1 unspecified atom stereocenters. The van der Waals surface area contributed by atoms with Gasteiger partial charge in [0.05, 0.1) is 6.10 Å². The fourth-order valence-corrected chi connectivity index (χ4v) is 2.94. The summed E-state index contributed by atoms with van der Waals surface area (Å²) >= 11 is 0. The number of hydrogen-bond acceptors (Lipinski definition) is 3. The number of benzene rings is 1. The van der Waals surface area contributed by atoms with E-state index in [0.717, 1.165) is 19.4 Å². The Balaban J connectivity index is 0.00000392. The Bertz CT molecular complexity index is 614. The smallest absolute Gasteiger partial charge is 0.243 e. The zero-order valence-corrected chi connectivity index (χ0v) is 19.9. The van der Waals surface area contributed by atoms with Crippen LogP contribution >= 0.6 is 24.0 Å². The van der Waals surface area contributed by atoms with Gasteiger partial charge >= 0.3 is 0 Å². The lowest BCUT2D eigenvalue weighted by atomic mass is 9.85. The summed E-state index contributed by atoms with van der Waals surface area (Å²) in [5.41, 5.74) is 1.20. The number of halogens is 1. The van der Waals surface area contributed by atoms with Crippen molar-refractivity contribution in [3.05, 3.63) is 35.9 Å². The molecule has 2 rings (SSSR count). The number of nitrogens with zero attached hydrogens (tertiary/aromatic N) is 2. The molecule has 7 heteroatoms. The van der Waals surface area contributed by atoms with Crippen molar-refractivity contribution >= 4 is 35.8 Å². The first kappa shape index (κ1) is 24.7. The van der Waals surface area contributed by atoms with Crippen LogP contribution in [0.2, 0.25) is 0 Å². The van der Waals surface area contributed by atoms with E-state index in [1.165, 1.54) is 12.0 Å². The number of carbonyl (C=O) groups excluding carboxylic acids is 1. The predicted molar refractivity (Wildman–Crippen MR) is 125 cm³/mol. The molecule has 2 N–H and O–H groups in total. The van der Waals surface area contributed by atoms with E-state index >= 15 is 0 Å². The maximum absolute atomic E-state index is 11.9. The summed E-state index contributed by atoms with van der Waals surface area (Å²) in [6, 6.07) is 10.4. The first-order chi connectivity index (χ1) is 12.9. The molecule has 0 aromatic heterocycles. The Hall–Kier alpha value is -1.35. The topological polar surface area (TPSA) is 66.0 Å². The van der Waals surface area contributed by atoms with Gasteiger partial charge in [-0.15, -0.1) is 24.0 Å². The van der Waals surface area contributed by atoms with Crippen molar-refractivity contribution in [1.82, 2.24) is 15.5 Å². The molecule has 0 spiro atoms. The number of guanidine groups is 1. The van der Waals surface area contributed by atoms with Gasteiger partial charge in [0.1, 0.15) is 6.54 Å². The first-order valence-electron chi connectivity index (χ1n) is 9.78. The van der Waals surface area contributed by atoms with Crippen molar-refractivity contribution < 1.29 is 9.53 Å². The molecule has 28 heavy (non-hydrogen) atoms. The average molecular weight is 502 g/mol. The minimum atomic E-state index is -0.0589. The van der Waals surface area contributed by atoms with Crippen molar-refractivity contribution in [3.8, 4) is 0 Å². The number of carbonyl (C=O) groups is 1. The molecule has 1 saturated heterocycles. The lowest BCUT2D eigenvalue weighted by molar-refractivity contribution is -0.127. The molecule has 1 heterocycles. The number of likely N-dealkylation sites (N-methyl/N-ethyl adjacent to an activating group) is 1. The molecule has 0 aliphatic carbocycles. The number of amides is 1. The molecule has 1 aromatic rings. The first-order valence-corrected chi connectivity index (χ1v) is 9.78. The SMILES string of the molecule is CN(C)C(=O)CN=C(NCC1CCCCO1)NCC(C)(C)c1ccccc1.I. The number of rotatable bonds is 7. The van der Waals surface area contributed by atoms with E-state index in [2.05, 4.69) is 53.7 Å². The summed E-state index contributed by atoms with van der Waals surface area (Å²) in [4.78, 5) is 17.9. The molecule has 0 bridgehead atoms. The number of nitrogens with one attached hydrogen (secondary N) is 2. The van der Waals surface area contributed by atoms with Crippen LogP contribution in [0.1, 0.15) is 38.7 Å². The lowest BCUT2D eigenvalue weighted by Gasteiger charge is -2.28. The van der Waals surface area contributed by atoms with Gasteiger partial charge in [0.2, 0.25) is 5.91 Å². The van der Waals surface area contributed by atoms with Gasteiger partial charge < -0.3 is 20.3 Å². The van der Waals surface area contributed by atoms with E-state index in [-0.39, 0.29) is 47.9 Å². The Labute approximate surface area is 186 Å². The molecule has 158 valence electrons. The molecule has 1 aromatic carbocycles. The highest BCUT2D eigenvalue weighted by Gasteiger charge is 2.21. The molecule has 6 nitrogen and oxygen atoms in total. The third kappa shape index (κ3) is 8.34. The van der Waals surface area contributed by atoms with Gasteiger partial charge in [-0.1, -0.05) is 44.2 Å². The van der Waals surface area contributed by atoms with E-state index in [0.29, 0.717) is 19.0 Å². The quantitative estimate of drug-likeness (QED) is 0.342. The molecule has 1 amide bonds. The Morgan fingerprint density at radius 1 is 1.21 bits per heavy atom. The molecule has 1 aliphatic heterocycles. The maximum Gasteiger partial charge on any atom is 0.243 e. The molecule has 1 atom stereocenters. The normalized spacial score (nSPS) is 17.4. The van der Waals surface area contributed by atoms with E-state index in [1.54, 1.807) is 19.0 Å². The van der Waals surface area contributed by atoms with Crippen LogP contribution in [0.3, 0.4) is 0 Å². The Morgan fingerprint density at radius 2 is 1.93 bits per heavy atom. The van der Waals surface area contributed by atoms with Crippen LogP contribution in [-0.2, 0) is 14.9 Å². The van der Waals surface area contributed by atoms with Crippen molar-refractivity contribution in [2.45, 2.75) is 44.6 Å². The van der Waals surface area contributed by atoms with Gasteiger partial charge in [0, 0.05) is 39.2 Å². The predicted octanol–water partition coefficient (Wildman–Crippen LogP) is 2.77.